The standard InChI is InChI=1S/C13H14BrN3S/c1-8-6-9(2)17-13(16-8)18-12-5-3-4-11(14)10(12)7-15/h3-6H,7,15H2,1-2H3. The molecule has 1 aromatic heterocycles. The summed E-state index contributed by atoms with van der Waals surface area (Å²) in [7, 11) is 0. The van der Waals surface area contributed by atoms with E-state index in [4.69, 9.17) is 5.73 Å². The first-order valence-electron chi connectivity index (χ1n) is 5.57. The van der Waals surface area contributed by atoms with Crippen LogP contribution in [0.1, 0.15) is 17.0 Å². The summed E-state index contributed by atoms with van der Waals surface area (Å²) in [6, 6.07) is 8.00. The summed E-state index contributed by atoms with van der Waals surface area (Å²) < 4.78 is 1.03. The van der Waals surface area contributed by atoms with Crippen LogP contribution in [0.2, 0.25) is 0 Å². The van der Waals surface area contributed by atoms with E-state index >= 15 is 0 Å². The fourth-order valence-corrected chi connectivity index (χ4v) is 3.37. The largest absolute Gasteiger partial charge is 0.326 e. The zero-order chi connectivity index (χ0) is 13.1. The van der Waals surface area contributed by atoms with Gasteiger partial charge in [0.15, 0.2) is 5.16 Å². The number of hydrogen-bond donors (Lipinski definition) is 1. The third-order valence-electron chi connectivity index (χ3n) is 2.44. The highest BCUT2D eigenvalue weighted by molar-refractivity contribution is 9.10. The predicted octanol–water partition coefficient (Wildman–Crippen LogP) is 3.47. The van der Waals surface area contributed by atoms with Gasteiger partial charge in [-0.2, -0.15) is 0 Å². The molecule has 2 N–H and O–H groups in total. The van der Waals surface area contributed by atoms with Gasteiger partial charge >= 0.3 is 0 Å². The Labute approximate surface area is 119 Å². The number of hydrogen-bond acceptors (Lipinski definition) is 4. The highest BCUT2D eigenvalue weighted by atomic mass is 79.9. The van der Waals surface area contributed by atoms with E-state index < -0.39 is 0 Å². The average Bonchev–Trinajstić information content (AvgIpc) is 2.27. The van der Waals surface area contributed by atoms with Gasteiger partial charge in [0.25, 0.3) is 0 Å². The molecule has 0 radical (unpaired) electrons. The molecular formula is C13H14BrN3S. The highest BCUT2D eigenvalue weighted by Crippen LogP contribution is 2.32. The van der Waals surface area contributed by atoms with E-state index in [9.17, 15) is 0 Å². The maximum atomic E-state index is 5.78. The molecule has 0 atom stereocenters. The van der Waals surface area contributed by atoms with Crippen molar-refractivity contribution in [1.82, 2.24) is 9.97 Å². The molecule has 0 aliphatic carbocycles. The Bertz CT molecular complexity index is 552. The van der Waals surface area contributed by atoms with Crippen LogP contribution in [0, 0.1) is 13.8 Å². The van der Waals surface area contributed by atoms with Gasteiger partial charge in [0.05, 0.1) is 0 Å². The summed E-state index contributed by atoms with van der Waals surface area (Å²) >= 11 is 5.06. The van der Waals surface area contributed by atoms with E-state index in [0.29, 0.717) is 6.54 Å². The maximum absolute atomic E-state index is 5.78. The van der Waals surface area contributed by atoms with Crippen molar-refractivity contribution in [3.63, 3.8) is 0 Å². The van der Waals surface area contributed by atoms with Crippen LogP contribution in [0.25, 0.3) is 0 Å². The Morgan fingerprint density at radius 2 is 1.89 bits per heavy atom. The molecule has 2 rings (SSSR count). The number of nitrogens with zero attached hydrogens (tertiary/aromatic N) is 2. The van der Waals surface area contributed by atoms with Crippen LogP contribution in [-0.2, 0) is 6.54 Å². The maximum Gasteiger partial charge on any atom is 0.192 e. The fraction of sp³-hybridized carbons (Fsp3) is 0.231. The van der Waals surface area contributed by atoms with Crippen molar-refractivity contribution in [1.29, 1.82) is 0 Å². The fourth-order valence-electron chi connectivity index (χ4n) is 1.67. The minimum Gasteiger partial charge on any atom is -0.326 e. The van der Waals surface area contributed by atoms with E-state index in [-0.39, 0.29) is 0 Å². The highest BCUT2D eigenvalue weighted by Gasteiger charge is 2.09. The van der Waals surface area contributed by atoms with Crippen LogP contribution in [0.15, 0.2) is 38.8 Å². The molecule has 0 saturated heterocycles. The second-order valence-electron chi connectivity index (χ2n) is 3.96. The average molecular weight is 324 g/mol. The second-order valence-corrected chi connectivity index (χ2v) is 5.82. The summed E-state index contributed by atoms with van der Waals surface area (Å²) in [5.41, 5.74) is 8.83. The van der Waals surface area contributed by atoms with E-state index in [1.165, 1.54) is 0 Å². The lowest BCUT2D eigenvalue weighted by Crippen LogP contribution is -2.00. The topological polar surface area (TPSA) is 51.8 Å². The van der Waals surface area contributed by atoms with Crippen molar-refractivity contribution in [3.8, 4) is 0 Å². The van der Waals surface area contributed by atoms with Crippen molar-refractivity contribution < 1.29 is 0 Å². The summed E-state index contributed by atoms with van der Waals surface area (Å²) in [4.78, 5) is 9.95. The quantitative estimate of drug-likeness (QED) is 0.879. The van der Waals surface area contributed by atoms with E-state index in [1.54, 1.807) is 11.8 Å². The third-order valence-corrected chi connectivity index (χ3v) is 4.15. The molecule has 0 aliphatic heterocycles. The van der Waals surface area contributed by atoms with Gasteiger partial charge in [-0.15, -0.1) is 0 Å². The predicted molar refractivity (Wildman–Crippen MR) is 77.7 cm³/mol. The lowest BCUT2D eigenvalue weighted by molar-refractivity contribution is 0.899. The number of halogens is 1. The Kier molecular flexibility index (Phi) is 4.37. The summed E-state index contributed by atoms with van der Waals surface area (Å²) in [6.07, 6.45) is 0. The van der Waals surface area contributed by atoms with Gasteiger partial charge < -0.3 is 5.73 Å². The smallest absolute Gasteiger partial charge is 0.192 e. The SMILES string of the molecule is Cc1cc(C)nc(Sc2cccc(Br)c2CN)n1. The molecule has 5 heteroatoms. The minimum atomic E-state index is 0.495. The lowest BCUT2D eigenvalue weighted by atomic mass is 10.2. The van der Waals surface area contributed by atoms with Crippen molar-refractivity contribution >= 4 is 27.7 Å². The van der Waals surface area contributed by atoms with Crippen molar-refractivity contribution in [2.45, 2.75) is 30.4 Å². The number of rotatable bonds is 3. The van der Waals surface area contributed by atoms with Crippen LogP contribution >= 0.6 is 27.7 Å². The van der Waals surface area contributed by atoms with E-state index in [0.717, 1.165) is 31.5 Å². The normalized spacial score (nSPS) is 10.7. The molecule has 0 unspecified atom stereocenters. The molecule has 2 aromatic rings. The van der Waals surface area contributed by atoms with Gasteiger partial charge in [0.2, 0.25) is 0 Å². The Morgan fingerprint density at radius 1 is 1.22 bits per heavy atom. The van der Waals surface area contributed by atoms with Gasteiger partial charge in [0, 0.05) is 27.3 Å². The van der Waals surface area contributed by atoms with Crippen molar-refractivity contribution in [3.05, 3.63) is 45.7 Å². The zero-order valence-electron chi connectivity index (χ0n) is 10.3. The molecule has 0 spiro atoms. The molecule has 18 heavy (non-hydrogen) atoms. The summed E-state index contributed by atoms with van der Waals surface area (Å²) in [6.45, 7) is 4.45. The van der Waals surface area contributed by atoms with Gasteiger partial charge in [-0.25, -0.2) is 9.97 Å². The molecule has 0 aliphatic rings. The molecular weight excluding hydrogens is 310 g/mol. The third kappa shape index (κ3) is 3.10. The number of aryl methyl sites for hydroxylation is 2. The van der Waals surface area contributed by atoms with Crippen LogP contribution in [0.3, 0.4) is 0 Å². The monoisotopic (exact) mass is 323 g/mol. The first-order chi connectivity index (χ1) is 8.60. The molecule has 1 aromatic carbocycles. The van der Waals surface area contributed by atoms with Gasteiger partial charge in [-0.1, -0.05) is 22.0 Å². The van der Waals surface area contributed by atoms with Gasteiger partial charge in [-0.05, 0) is 49.4 Å². The van der Waals surface area contributed by atoms with E-state index in [2.05, 4.69) is 25.9 Å². The molecule has 0 bridgehead atoms. The first-order valence-corrected chi connectivity index (χ1v) is 7.18. The lowest BCUT2D eigenvalue weighted by Gasteiger charge is -2.09. The summed E-state index contributed by atoms with van der Waals surface area (Å²) in [5.74, 6) is 0. The van der Waals surface area contributed by atoms with E-state index in [1.807, 2.05) is 38.1 Å². The summed E-state index contributed by atoms with van der Waals surface area (Å²) in [5, 5.41) is 0.764. The Morgan fingerprint density at radius 3 is 2.50 bits per heavy atom. The van der Waals surface area contributed by atoms with Gasteiger partial charge in [-0.3, -0.25) is 0 Å². The number of benzene rings is 1. The molecule has 0 fully saturated rings. The Hall–Kier alpha value is -0.910. The number of nitrogens with two attached hydrogens (primary N) is 1. The zero-order valence-corrected chi connectivity index (χ0v) is 12.7. The molecule has 3 nitrogen and oxygen atoms in total. The molecule has 94 valence electrons. The second kappa shape index (κ2) is 5.82. The van der Waals surface area contributed by atoms with Gasteiger partial charge in [0.1, 0.15) is 0 Å². The van der Waals surface area contributed by atoms with Crippen LogP contribution in [-0.4, -0.2) is 9.97 Å². The van der Waals surface area contributed by atoms with Crippen molar-refractivity contribution in [2.24, 2.45) is 5.73 Å². The molecule has 1 heterocycles. The first kappa shape index (κ1) is 13.5. The number of aromatic nitrogens is 2. The molecule has 0 amide bonds. The van der Waals surface area contributed by atoms with Crippen LogP contribution in [0.4, 0.5) is 0 Å². The van der Waals surface area contributed by atoms with Crippen LogP contribution in [0.5, 0.6) is 0 Å². The minimum absolute atomic E-state index is 0.495. The molecule has 0 saturated carbocycles. The Balaban J connectivity index is 2.36. The van der Waals surface area contributed by atoms with Crippen LogP contribution < -0.4 is 5.73 Å². The van der Waals surface area contributed by atoms with Crippen molar-refractivity contribution in [2.75, 3.05) is 0 Å².